The molecule has 0 fully saturated rings. The molecule has 0 heterocycles. The molecule has 0 aliphatic carbocycles. The lowest BCUT2D eigenvalue weighted by Gasteiger charge is -2.13. The summed E-state index contributed by atoms with van der Waals surface area (Å²) in [6.07, 6.45) is 0. The summed E-state index contributed by atoms with van der Waals surface area (Å²) in [5.41, 5.74) is 2.36. The van der Waals surface area contributed by atoms with Gasteiger partial charge in [-0.15, -0.1) is 0 Å². The minimum Gasteiger partial charge on any atom is -0.478 e. The maximum Gasteiger partial charge on any atom is 0.335 e. The third-order valence-electron chi connectivity index (χ3n) is 3.64. The van der Waals surface area contributed by atoms with Gasteiger partial charge in [0.1, 0.15) is 0 Å². The molecule has 0 saturated heterocycles. The van der Waals surface area contributed by atoms with E-state index in [-0.39, 0.29) is 16.5 Å². The second-order valence-electron chi connectivity index (χ2n) is 6.76. The quantitative estimate of drug-likeness (QED) is 0.776. The largest absolute Gasteiger partial charge is 0.478 e. The number of carbonyl (C=O) groups is 1. The van der Waals surface area contributed by atoms with Gasteiger partial charge in [-0.2, -0.15) is 0 Å². The van der Waals surface area contributed by atoms with E-state index >= 15 is 0 Å². The van der Waals surface area contributed by atoms with Gasteiger partial charge in [0.25, 0.3) is 0 Å². The van der Waals surface area contributed by atoms with Gasteiger partial charge in [-0.1, -0.05) is 24.3 Å². The van der Waals surface area contributed by atoms with Crippen molar-refractivity contribution in [3.05, 3.63) is 53.6 Å². The summed E-state index contributed by atoms with van der Waals surface area (Å²) in [6.45, 7) is 4.21. The molecule has 0 aliphatic rings. The van der Waals surface area contributed by atoms with Gasteiger partial charge in [0.2, 0.25) is 10.0 Å². The molecule has 2 N–H and O–H groups in total. The van der Waals surface area contributed by atoms with E-state index < -0.39 is 16.0 Å². The monoisotopic (exact) mass is 376 g/mol. The van der Waals surface area contributed by atoms with Crippen molar-refractivity contribution in [2.75, 3.05) is 14.1 Å². The highest BCUT2D eigenvalue weighted by atomic mass is 32.2. The average molecular weight is 376 g/mol. The SMILES string of the molecule is CC(C)NS(=O)(=O)c1cc(C(=O)O)cc(-c2ccc(CN(C)C)cc2)c1. The Hall–Kier alpha value is -2.22. The average Bonchev–Trinajstić information content (AvgIpc) is 2.53. The number of nitrogens with zero attached hydrogens (tertiary/aromatic N) is 1. The summed E-state index contributed by atoms with van der Waals surface area (Å²) in [7, 11) is 0.160. The van der Waals surface area contributed by atoms with Gasteiger partial charge < -0.3 is 10.0 Å². The Morgan fingerprint density at radius 3 is 2.19 bits per heavy atom. The van der Waals surface area contributed by atoms with Gasteiger partial charge in [0.15, 0.2) is 0 Å². The number of hydrogen-bond donors (Lipinski definition) is 2. The summed E-state index contributed by atoms with van der Waals surface area (Å²) >= 11 is 0. The molecule has 0 atom stereocenters. The first-order valence-corrected chi connectivity index (χ1v) is 9.71. The molecular formula is C19H24N2O4S. The molecule has 0 aliphatic heterocycles. The number of sulfonamides is 1. The molecule has 2 aromatic rings. The van der Waals surface area contributed by atoms with Gasteiger partial charge in [-0.3, -0.25) is 0 Å². The predicted octanol–water partition coefficient (Wildman–Crippen LogP) is 2.80. The predicted molar refractivity (Wildman–Crippen MR) is 102 cm³/mol. The smallest absolute Gasteiger partial charge is 0.335 e. The van der Waals surface area contributed by atoms with E-state index in [1.54, 1.807) is 13.8 Å². The minimum atomic E-state index is -3.79. The van der Waals surface area contributed by atoms with E-state index in [0.29, 0.717) is 5.56 Å². The molecule has 0 unspecified atom stereocenters. The molecule has 140 valence electrons. The van der Waals surface area contributed by atoms with Gasteiger partial charge >= 0.3 is 5.97 Å². The zero-order valence-corrected chi connectivity index (χ0v) is 16.2. The van der Waals surface area contributed by atoms with Crippen LogP contribution in [0.25, 0.3) is 11.1 Å². The number of hydrogen-bond acceptors (Lipinski definition) is 4. The number of carboxylic acids is 1. The van der Waals surface area contributed by atoms with Crippen LogP contribution in [-0.4, -0.2) is 44.5 Å². The number of carboxylic acid groups (broad SMARTS) is 1. The van der Waals surface area contributed by atoms with Crippen LogP contribution < -0.4 is 4.72 Å². The molecule has 26 heavy (non-hydrogen) atoms. The molecule has 0 bridgehead atoms. The maximum absolute atomic E-state index is 12.5. The fraction of sp³-hybridized carbons (Fsp3) is 0.316. The summed E-state index contributed by atoms with van der Waals surface area (Å²) in [4.78, 5) is 13.4. The number of nitrogens with one attached hydrogen (secondary N) is 1. The molecule has 2 aromatic carbocycles. The van der Waals surface area contributed by atoms with Crippen LogP contribution >= 0.6 is 0 Å². The second-order valence-corrected chi connectivity index (χ2v) is 8.48. The highest BCUT2D eigenvalue weighted by Crippen LogP contribution is 2.25. The summed E-state index contributed by atoms with van der Waals surface area (Å²) < 4.78 is 27.4. The Morgan fingerprint density at radius 1 is 1.08 bits per heavy atom. The molecule has 0 amide bonds. The van der Waals surface area contributed by atoms with E-state index in [1.165, 1.54) is 18.2 Å². The molecular weight excluding hydrogens is 352 g/mol. The highest BCUT2D eigenvalue weighted by molar-refractivity contribution is 7.89. The lowest BCUT2D eigenvalue weighted by molar-refractivity contribution is 0.0696. The van der Waals surface area contributed by atoms with Crippen molar-refractivity contribution >= 4 is 16.0 Å². The fourth-order valence-electron chi connectivity index (χ4n) is 2.59. The lowest BCUT2D eigenvalue weighted by Crippen LogP contribution is -2.30. The molecule has 0 saturated carbocycles. The number of rotatable bonds is 7. The van der Waals surface area contributed by atoms with E-state index in [9.17, 15) is 18.3 Å². The number of benzene rings is 2. The normalized spacial score (nSPS) is 11.9. The van der Waals surface area contributed by atoms with E-state index in [1.807, 2.05) is 43.3 Å². The van der Waals surface area contributed by atoms with Crippen molar-refractivity contribution < 1.29 is 18.3 Å². The van der Waals surface area contributed by atoms with Crippen molar-refractivity contribution in [2.24, 2.45) is 0 Å². The first-order chi connectivity index (χ1) is 12.1. The Labute approximate surface area is 154 Å². The van der Waals surface area contributed by atoms with Gasteiger partial charge in [-0.25, -0.2) is 17.9 Å². The first-order valence-electron chi connectivity index (χ1n) is 8.23. The van der Waals surface area contributed by atoms with Crippen LogP contribution in [0.1, 0.15) is 29.8 Å². The summed E-state index contributed by atoms with van der Waals surface area (Å²) in [6, 6.07) is 11.5. The third kappa shape index (κ3) is 5.14. The van der Waals surface area contributed by atoms with Crippen LogP contribution in [0.5, 0.6) is 0 Å². The third-order valence-corrected chi connectivity index (χ3v) is 5.28. The van der Waals surface area contributed by atoms with Gasteiger partial charge in [0, 0.05) is 12.6 Å². The van der Waals surface area contributed by atoms with Gasteiger partial charge in [-0.05, 0) is 62.8 Å². The van der Waals surface area contributed by atoms with E-state index in [4.69, 9.17) is 0 Å². The van der Waals surface area contributed by atoms with Crippen LogP contribution in [0.15, 0.2) is 47.4 Å². The highest BCUT2D eigenvalue weighted by Gasteiger charge is 2.19. The van der Waals surface area contributed by atoms with Crippen LogP contribution in [0.3, 0.4) is 0 Å². The van der Waals surface area contributed by atoms with E-state index in [2.05, 4.69) is 4.72 Å². The topological polar surface area (TPSA) is 86.7 Å². The second kappa shape index (κ2) is 7.99. The zero-order chi connectivity index (χ0) is 19.5. The Kier molecular flexibility index (Phi) is 6.17. The maximum atomic E-state index is 12.5. The lowest BCUT2D eigenvalue weighted by atomic mass is 10.0. The van der Waals surface area contributed by atoms with Crippen LogP contribution in [0.4, 0.5) is 0 Å². The van der Waals surface area contributed by atoms with Crippen molar-refractivity contribution in [1.82, 2.24) is 9.62 Å². The first kappa shape index (κ1) is 20.1. The fourth-order valence-corrected chi connectivity index (χ4v) is 3.91. The van der Waals surface area contributed by atoms with Crippen LogP contribution in [-0.2, 0) is 16.6 Å². The Morgan fingerprint density at radius 2 is 1.69 bits per heavy atom. The molecule has 0 aromatic heterocycles. The molecule has 0 radical (unpaired) electrons. The van der Waals surface area contributed by atoms with Crippen molar-refractivity contribution in [3.63, 3.8) is 0 Å². The molecule has 7 heteroatoms. The summed E-state index contributed by atoms with van der Waals surface area (Å²) in [5.74, 6) is -1.17. The van der Waals surface area contributed by atoms with Crippen molar-refractivity contribution in [1.29, 1.82) is 0 Å². The molecule has 2 rings (SSSR count). The van der Waals surface area contributed by atoms with Gasteiger partial charge in [0.05, 0.1) is 10.5 Å². The number of aromatic carboxylic acids is 1. The van der Waals surface area contributed by atoms with Crippen molar-refractivity contribution in [3.8, 4) is 11.1 Å². The molecule has 6 nitrogen and oxygen atoms in total. The minimum absolute atomic E-state index is 0.0570. The zero-order valence-electron chi connectivity index (χ0n) is 15.4. The van der Waals surface area contributed by atoms with Crippen LogP contribution in [0, 0.1) is 0 Å². The Balaban J connectivity index is 2.50. The standard InChI is InChI=1S/C19H24N2O4S/c1-13(2)20-26(24,25)18-10-16(9-17(11-18)19(22)23)15-7-5-14(6-8-15)12-21(3)4/h5-11,13,20H,12H2,1-4H3,(H,22,23). The summed E-state index contributed by atoms with van der Waals surface area (Å²) in [5, 5.41) is 9.35. The Bertz CT molecular complexity index is 888. The van der Waals surface area contributed by atoms with Crippen molar-refractivity contribution in [2.45, 2.75) is 31.3 Å². The van der Waals surface area contributed by atoms with Crippen LogP contribution in [0.2, 0.25) is 0 Å². The molecule has 0 spiro atoms. The van der Waals surface area contributed by atoms with E-state index in [0.717, 1.165) is 17.7 Å².